The van der Waals surface area contributed by atoms with E-state index in [0.29, 0.717) is 26.1 Å². The van der Waals surface area contributed by atoms with Gasteiger partial charge >= 0.3 is 0 Å². The summed E-state index contributed by atoms with van der Waals surface area (Å²) in [5, 5.41) is 0. The highest BCUT2D eigenvalue weighted by Gasteiger charge is 2.33. The van der Waals surface area contributed by atoms with Crippen LogP contribution in [0.15, 0.2) is 72.9 Å². The number of rotatable bonds is 6. The van der Waals surface area contributed by atoms with Crippen molar-refractivity contribution in [3.63, 3.8) is 0 Å². The summed E-state index contributed by atoms with van der Waals surface area (Å²) in [6.45, 7) is 3.63. The molecular formula is C25H26FN3O2. The van der Waals surface area contributed by atoms with Crippen molar-refractivity contribution in [1.29, 1.82) is 0 Å². The van der Waals surface area contributed by atoms with Crippen molar-refractivity contribution >= 4 is 11.8 Å². The summed E-state index contributed by atoms with van der Waals surface area (Å²) in [6.07, 6.45) is 2.74. The minimum atomic E-state index is -0.463. The summed E-state index contributed by atoms with van der Waals surface area (Å²) < 4.78 is 15.8. The first-order valence-corrected chi connectivity index (χ1v) is 10.6. The molecule has 2 aromatic carbocycles. The van der Waals surface area contributed by atoms with Crippen molar-refractivity contribution in [3.05, 3.63) is 95.6 Å². The van der Waals surface area contributed by atoms with Crippen LogP contribution in [0.2, 0.25) is 0 Å². The molecule has 0 bridgehead atoms. The second-order valence-electron chi connectivity index (χ2n) is 7.76. The van der Waals surface area contributed by atoms with E-state index in [0.717, 1.165) is 11.3 Å². The molecule has 0 saturated carbocycles. The predicted molar refractivity (Wildman–Crippen MR) is 117 cm³/mol. The van der Waals surface area contributed by atoms with Crippen LogP contribution >= 0.6 is 0 Å². The van der Waals surface area contributed by atoms with Crippen molar-refractivity contribution in [2.24, 2.45) is 0 Å². The van der Waals surface area contributed by atoms with Crippen LogP contribution in [0.25, 0.3) is 0 Å². The second-order valence-corrected chi connectivity index (χ2v) is 7.76. The number of fused-ring (bicyclic) bond motifs is 1. The lowest BCUT2D eigenvalue weighted by atomic mass is 10.00. The van der Waals surface area contributed by atoms with Crippen LogP contribution in [0.4, 0.5) is 4.39 Å². The fraction of sp³-hybridized carbons (Fsp3) is 0.280. The molecule has 160 valence electrons. The topological polar surface area (TPSA) is 45.6 Å². The Morgan fingerprint density at radius 3 is 2.58 bits per heavy atom. The fourth-order valence-electron chi connectivity index (χ4n) is 4.22. The quantitative estimate of drug-likeness (QED) is 0.604. The molecule has 1 aromatic heterocycles. The van der Waals surface area contributed by atoms with Gasteiger partial charge in [-0.25, -0.2) is 4.39 Å². The zero-order valence-electron chi connectivity index (χ0n) is 17.6. The van der Waals surface area contributed by atoms with Crippen LogP contribution in [0.5, 0.6) is 0 Å². The molecule has 5 nitrogen and oxygen atoms in total. The number of amides is 2. The Morgan fingerprint density at radius 2 is 1.84 bits per heavy atom. The largest absolute Gasteiger partial charge is 0.348 e. The van der Waals surface area contributed by atoms with Crippen molar-refractivity contribution in [2.75, 3.05) is 19.6 Å². The first kappa shape index (κ1) is 20.8. The van der Waals surface area contributed by atoms with Crippen molar-refractivity contribution in [1.82, 2.24) is 14.4 Å². The fourth-order valence-corrected chi connectivity index (χ4v) is 4.22. The van der Waals surface area contributed by atoms with Gasteiger partial charge in [-0.3, -0.25) is 9.59 Å². The molecule has 0 spiro atoms. The van der Waals surface area contributed by atoms with Crippen LogP contribution < -0.4 is 0 Å². The summed E-state index contributed by atoms with van der Waals surface area (Å²) in [5.41, 5.74) is 2.35. The number of hydrogen-bond acceptors (Lipinski definition) is 2. The van der Waals surface area contributed by atoms with Gasteiger partial charge in [0.05, 0.1) is 6.04 Å². The van der Waals surface area contributed by atoms with Gasteiger partial charge < -0.3 is 14.4 Å². The molecule has 0 N–H and O–H groups in total. The molecule has 1 aliphatic heterocycles. The van der Waals surface area contributed by atoms with Gasteiger partial charge in [-0.05, 0) is 42.3 Å². The summed E-state index contributed by atoms with van der Waals surface area (Å²) in [4.78, 5) is 29.8. The third kappa shape index (κ3) is 4.38. The zero-order valence-corrected chi connectivity index (χ0v) is 17.6. The Bertz CT molecular complexity index is 1060. The molecule has 0 radical (unpaired) electrons. The van der Waals surface area contributed by atoms with E-state index in [2.05, 4.69) is 4.57 Å². The number of nitrogens with zero attached hydrogens (tertiary/aromatic N) is 3. The molecule has 31 heavy (non-hydrogen) atoms. The van der Waals surface area contributed by atoms with Gasteiger partial charge in [-0.1, -0.05) is 43.3 Å². The van der Waals surface area contributed by atoms with Gasteiger partial charge in [0.15, 0.2) is 0 Å². The van der Waals surface area contributed by atoms with E-state index in [1.807, 2.05) is 60.5 Å². The number of hydrogen-bond donors (Lipinski definition) is 0. The molecule has 2 amide bonds. The van der Waals surface area contributed by atoms with Gasteiger partial charge in [0.2, 0.25) is 5.91 Å². The normalized spacial score (nSPS) is 15.4. The Kier molecular flexibility index (Phi) is 6.16. The first-order valence-electron chi connectivity index (χ1n) is 10.6. The highest BCUT2D eigenvalue weighted by molar-refractivity contribution is 5.96. The monoisotopic (exact) mass is 419 g/mol. The number of carbonyl (C=O) groups excluding carboxylic acids is 2. The Labute approximate surface area is 181 Å². The SMILES string of the molecule is CCCN(CC(=O)N1CCn2cccc2C1c1ccccc1)C(=O)c1cccc(F)c1. The van der Waals surface area contributed by atoms with E-state index in [-0.39, 0.29) is 30.0 Å². The molecule has 1 unspecified atom stereocenters. The van der Waals surface area contributed by atoms with E-state index >= 15 is 0 Å². The Balaban J connectivity index is 1.60. The molecule has 1 aliphatic rings. The standard InChI is InChI=1S/C25H26FN3O2/c1-2-13-28(25(31)20-10-6-11-21(26)17-20)18-23(30)29-16-15-27-14-7-12-22(27)24(29)19-8-4-3-5-9-19/h3-12,14,17,24H,2,13,15-16,18H2,1H3. The van der Waals surface area contributed by atoms with Crippen LogP contribution in [-0.4, -0.2) is 45.8 Å². The van der Waals surface area contributed by atoms with E-state index in [4.69, 9.17) is 0 Å². The minimum absolute atomic E-state index is 0.0345. The minimum Gasteiger partial charge on any atom is -0.348 e. The lowest BCUT2D eigenvalue weighted by Gasteiger charge is -2.38. The van der Waals surface area contributed by atoms with Gasteiger partial charge in [0.25, 0.3) is 5.91 Å². The van der Waals surface area contributed by atoms with Gasteiger partial charge in [-0.2, -0.15) is 0 Å². The summed E-state index contributed by atoms with van der Waals surface area (Å²) in [5.74, 6) is -0.902. The summed E-state index contributed by atoms with van der Waals surface area (Å²) >= 11 is 0. The predicted octanol–water partition coefficient (Wildman–Crippen LogP) is 4.11. The molecule has 2 heterocycles. The highest BCUT2D eigenvalue weighted by atomic mass is 19.1. The zero-order chi connectivity index (χ0) is 21.8. The van der Waals surface area contributed by atoms with Gasteiger partial charge in [0, 0.05) is 37.1 Å². The molecule has 4 rings (SSSR count). The first-order chi connectivity index (χ1) is 15.1. The average Bonchev–Trinajstić information content (AvgIpc) is 3.27. The molecule has 6 heteroatoms. The van der Waals surface area contributed by atoms with Gasteiger partial charge in [-0.15, -0.1) is 0 Å². The third-order valence-electron chi connectivity index (χ3n) is 5.65. The number of aromatic nitrogens is 1. The molecule has 0 aliphatic carbocycles. The van der Waals surface area contributed by atoms with Crippen LogP contribution in [0.3, 0.4) is 0 Å². The van der Waals surface area contributed by atoms with Crippen molar-refractivity contribution in [3.8, 4) is 0 Å². The smallest absolute Gasteiger partial charge is 0.254 e. The molecule has 3 aromatic rings. The highest BCUT2D eigenvalue weighted by Crippen LogP contribution is 2.32. The van der Waals surface area contributed by atoms with Crippen molar-refractivity contribution < 1.29 is 14.0 Å². The lowest BCUT2D eigenvalue weighted by molar-refractivity contribution is -0.134. The van der Waals surface area contributed by atoms with E-state index in [9.17, 15) is 14.0 Å². The maximum atomic E-state index is 13.6. The maximum Gasteiger partial charge on any atom is 0.254 e. The van der Waals surface area contributed by atoms with E-state index < -0.39 is 5.82 Å². The number of halogens is 1. The van der Waals surface area contributed by atoms with E-state index in [1.165, 1.54) is 23.1 Å². The van der Waals surface area contributed by atoms with Crippen LogP contribution in [0, 0.1) is 5.82 Å². The second kappa shape index (κ2) is 9.16. The number of benzene rings is 2. The lowest BCUT2D eigenvalue weighted by Crippen LogP contribution is -2.48. The van der Waals surface area contributed by atoms with Crippen LogP contribution in [-0.2, 0) is 11.3 Å². The Morgan fingerprint density at radius 1 is 1.03 bits per heavy atom. The van der Waals surface area contributed by atoms with Gasteiger partial charge in [0.1, 0.15) is 12.4 Å². The average molecular weight is 420 g/mol. The van der Waals surface area contributed by atoms with Crippen LogP contribution in [0.1, 0.15) is 41.0 Å². The summed E-state index contributed by atoms with van der Waals surface area (Å²) in [6, 6.07) is 19.4. The molecule has 0 saturated heterocycles. The van der Waals surface area contributed by atoms with E-state index in [1.54, 1.807) is 6.07 Å². The molecule has 1 atom stereocenters. The number of carbonyl (C=O) groups is 2. The Hall–Kier alpha value is -3.41. The van der Waals surface area contributed by atoms with Crippen molar-refractivity contribution in [2.45, 2.75) is 25.9 Å². The maximum absolute atomic E-state index is 13.6. The molecule has 0 fully saturated rings. The third-order valence-corrected chi connectivity index (χ3v) is 5.65. The molecular weight excluding hydrogens is 393 g/mol. The summed E-state index contributed by atoms with van der Waals surface area (Å²) in [7, 11) is 0.